The van der Waals surface area contributed by atoms with Gasteiger partial charge in [-0.2, -0.15) is 0 Å². The van der Waals surface area contributed by atoms with E-state index in [2.05, 4.69) is 20.5 Å². The first-order chi connectivity index (χ1) is 13.7. The molecule has 2 atom stereocenters. The first kappa shape index (κ1) is 22.8. The van der Waals surface area contributed by atoms with E-state index in [1.807, 2.05) is 52.0 Å². The van der Waals surface area contributed by atoms with Crippen LogP contribution >= 0.6 is 0 Å². The summed E-state index contributed by atoms with van der Waals surface area (Å²) in [5.74, 6) is 1.43. The largest absolute Gasteiger partial charge is 0.497 e. The fraction of sp³-hybridized carbons (Fsp3) is 0.619. The van der Waals surface area contributed by atoms with Gasteiger partial charge in [0.1, 0.15) is 11.4 Å². The van der Waals surface area contributed by atoms with Crippen LogP contribution in [0.15, 0.2) is 29.3 Å². The summed E-state index contributed by atoms with van der Waals surface area (Å²) in [6.07, 6.45) is -0.320. The Bertz CT molecular complexity index is 702. The molecule has 0 bridgehead atoms. The lowest BCUT2D eigenvalue weighted by atomic mass is 10.1. The lowest BCUT2D eigenvalue weighted by molar-refractivity contribution is 0.0507. The molecule has 0 aromatic heterocycles. The van der Waals surface area contributed by atoms with Gasteiger partial charge in [-0.25, -0.2) is 4.79 Å². The number of hydrogen-bond acceptors (Lipinski definition) is 5. The van der Waals surface area contributed by atoms with E-state index in [4.69, 9.17) is 9.47 Å². The summed E-state index contributed by atoms with van der Waals surface area (Å²) < 4.78 is 10.5. The number of nitrogens with one attached hydrogen (secondary N) is 2. The summed E-state index contributed by atoms with van der Waals surface area (Å²) in [6, 6.07) is 7.35. The van der Waals surface area contributed by atoms with E-state index in [0.29, 0.717) is 12.3 Å². The Labute approximate surface area is 173 Å². The van der Waals surface area contributed by atoms with Gasteiger partial charge in [-0.15, -0.1) is 0 Å². The minimum absolute atomic E-state index is 0.00276. The van der Waals surface area contributed by atoms with Crippen LogP contribution in [0.3, 0.4) is 0 Å². The summed E-state index contributed by atoms with van der Waals surface area (Å²) >= 11 is 0. The lowest BCUT2D eigenvalue weighted by Gasteiger charge is -2.23. The Morgan fingerprint density at radius 3 is 2.83 bits per heavy atom. The van der Waals surface area contributed by atoms with Crippen molar-refractivity contribution in [3.05, 3.63) is 29.8 Å². The van der Waals surface area contributed by atoms with Crippen LogP contribution in [0.2, 0.25) is 0 Å². The van der Waals surface area contributed by atoms with E-state index in [1.165, 1.54) is 0 Å². The van der Waals surface area contributed by atoms with Crippen molar-refractivity contribution in [2.75, 3.05) is 33.3 Å². The molecule has 1 aliphatic heterocycles. The maximum absolute atomic E-state index is 12.0. The Morgan fingerprint density at radius 1 is 1.41 bits per heavy atom. The second-order valence-electron chi connectivity index (χ2n) is 8.06. The zero-order valence-electron chi connectivity index (χ0n) is 18.1. The Hall–Kier alpha value is -2.48. The number of guanidine groups is 1. The van der Waals surface area contributed by atoms with Gasteiger partial charge >= 0.3 is 6.09 Å². The Balaban J connectivity index is 1.95. The third-order valence-electron chi connectivity index (χ3n) is 4.44. The predicted octanol–water partition coefficient (Wildman–Crippen LogP) is 2.29. The number of aliphatic imine (C=N–C) groups is 1. The van der Waals surface area contributed by atoms with Crippen molar-refractivity contribution >= 4 is 12.1 Å². The Kier molecular flexibility index (Phi) is 8.13. The molecular weight excluding hydrogens is 372 g/mol. The highest BCUT2D eigenvalue weighted by molar-refractivity contribution is 5.80. The molecule has 1 aliphatic rings. The number of amides is 1. The summed E-state index contributed by atoms with van der Waals surface area (Å²) in [4.78, 5) is 18.7. The van der Waals surface area contributed by atoms with Gasteiger partial charge in [0.2, 0.25) is 0 Å². The molecule has 0 radical (unpaired) electrons. The van der Waals surface area contributed by atoms with Gasteiger partial charge in [0, 0.05) is 19.6 Å². The predicted molar refractivity (Wildman–Crippen MR) is 113 cm³/mol. The molecule has 0 saturated carbocycles. The SMILES string of the molecule is CCNC(=NCC(O)c1cccc(OC)c1)N1CCC(NC(=O)OC(C)(C)C)C1. The molecule has 29 heavy (non-hydrogen) atoms. The molecule has 1 amide bonds. The summed E-state index contributed by atoms with van der Waals surface area (Å²) in [5.41, 5.74) is 0.240. The van der Waals surface area contributed by atoms with Gasteiger partial charge in [-0.1, -0.05) is 12.1 Å². The molecule has 1 aromatic carbocycles. The Morgan fingerprint density at radius 2 is 2.17 bits per heavy atom. The number of benzene rings is 1. The van der Waals surface area contributed by atoms with Crippen LogP contribution in [0.5, 0.6) is 5.75 Å². The monoisotopic (exact) mass is 406 g/mol. The van der Waals surface area contributed by atoms with E-state index in [9.17, 15) is 9.90 Å². The van der Waals surface area contributed by atoms with Gasteiger partial charge in [0.05, 0.1) is 25.8 Å². The van der Waals surface area contributed by atoms with Gasteiger partial charge < -0.3 is 30.1 Å². The van der Waals surface area contributed by atoms with Crippen molar-refractivity contribution in [1.82, 2.24) is 15.5 Å². The van der Waals surface area contributed by atoms with Crippen LogP contribution in [-0.4, -0.2) is 67.0 Å². The van der Waals surface area contributed by atoms with Crippen molar-refractivity contribution in [1.29, 1.82) is 0 Å². The zero-order valence-corrected chi connectivity index (χ0v) is 18.1. The number of aliphatic hydroxyl groups is 1. The van der Waals surface area contributed by atoms with Gasteiger partial charge in [-0.05, 0) is 51.8 Å². The van der Waals surface area contributed by atoms with Crippen LogP contribution in [0.1, 0.15) is 45.8 Å². The van der Waals surface area contributed by atoms with Crippen LogP contribution in [0.25, 0.3) is 0 Å². The van der Waals surface area contributed by atoms with Crippen LogP contribution in [-0.2, 0) is 4.74 Å². The topological polar surface area (TPSA) is 95.4 Å². The zero-order chi connectivity index (χ0) is 21.4. The van der Waals surface area contributed by atoms with Gasteiger partial charge in [-0.3, -0.25) is 4.99 Å². The highest BCUT2D eigenvalue weighted by atomic mass is 16.6. The summed E-state index contributed by atoms with van der Waals surface area (Å²) in [7, 11) is 1.60. The number of nitrogens with zero attached hydrogens (tertiary/aromatic N) is 2. The molecule has 8 nitrogen and oxygen atoms in total. The molecule has 1 saturated heterocycles. The van der Waals surface area contributed by atoms with Crippen LogP contribution < -0.4 is 15.4 Å². The molecule has 3 N–H and O–H groups in total. The van der Waals surface area contributed by atoms with Crippen LogP contribution in [0.4, 0.5) is 4.79 Å². The van der Waals surface area contributed by atoms with Gasteiger partial charge in [0.25, 0.3) is 0 Å². The molecule has 0 aliphatic carbocycles. The van der Waals surface area contributed by atoms with Crippen molar-refractivity contribution in [2.45, 2.75) is 51.9 Å². The molecule has 8 heteroatoms. The fourth-order valence-corrected chi connectivity index (χ4v) is 3.10. The number of likely N-dealkylation sites (tertiary alicyclic amines) is 1. The number of methoxy groups -OCH3 is 1. The van der Waals surface area contributed by atoms with Crippen molar-refractivity contribution in [2.24, 2.45) is 4.99 Å². The highest BCUT2D eigenvalue weighted by Crippen LogP contribution is 2.19. The normalized spacial score (nSPS) is 18.3. The number of alkyl carbamates (subject to hydrolysis) is 1. The van der Waals surface area contributed by atoms with Crippen molar-refractivity contribution < 1.29 is 19.4 Å². The summed E-state index contributed by atoms with van der Waals surface area (Å²) in [5, 5.41) is 16.7. The minimum atomic E-state index is -0.725. The first-order valence-electron chi connectivity index (χ1n) is 10.1. The second kappa shape index (κ2) is 10.3. The van der Waals surface area contributed by atoms with E-state index < -0.39 is 17.8 Å². The number of hydrogen-bond donors (Lipinski definition) is 3. The molecule has 2 rings (SSSR count). The number of aliphatic hydroxyl groups excluding tert-OH is 1. The van der Waals surface area contributed by atoms with E-state index in [-0.39, 0.29) is 12.6 Å². The van der Waals surface area contributed by atoms with E-state index in [1.54, 1.807) is 7.11 Å². The van der Waals surface area contributed by atoms with E-state index in [0.717, 1.165) is 31.0 Å². The quantitative estimate of drug-likeness (QED) is 0.496. The van der Waals surface area contributed by atoms with Crippen molar-refractivity contribution in [3.63, 3.8) is 0 Å². The molecular formula is C21H34N4O4. The smallest absolute Gasteiger partial charge is 0.407 e. The molecule has 2 unspecified atom stereocenters. The molecule has 0 spiro atoms. The standard InChI is InChI=1S/C21H34N4O4/c1-6-22-19(23-13-18(26)15-8-7-9-17(12-15)28-5)25-11-10-16(14-25)24-20(27)29-21(2,3)4/h7-9,12,16,18,26H,6,10-11,13-14H2,1-5H3,(H,22,23)(H,24,27). The van der Waals surface area contributed by atoms with Gasteiger partial charge in [0.15, 0.2) is 5.96 Å². The molecule has 1 fully saturated rings. The number of rotatable bonds is 6. The maximum Gasteiger partial charge on any atom is 0.407 e. The molecule has 1 heterocycles. The fourth-order valence-electron chi connectivity index (χ4n) is 3.10. The number of carbonyl (C=O) groups excluding carboxylic acids is 1. The average molecular weight is 407 g/mol. The molecule has 162 valence electrons. The second-order valence-corrected chi connectivity index (χ2v) is 8.06. The molecule has 1 aromatic rings. The number of ether oxygens (including phenoxy) is 2. The third kappa shape index (κ3) is 7.45. The maximum atomic E-state index is 12.0. The average Bonchev–Trinajstić information content (AvgIpc) is 3.11. The number of carbonyl (C=O) groups is 1. The minimum Gasteiger partial charge on any atom is -0.497 e. The first-order valence-corrected chi connectivity index (χ1v) is 10.1. The third-order valence-corrected chi connectivity index (χ3v) is 4.44. The van der Waals surface area contributed by atoms with Crippen molar-refractivity contribution in [3.8, 4) is 5.75 Å². The highest BCUT2D eigenvalue weighted by Gasteiger charge is 2.28. The summed E-state index contributed by atoms with van der Waals surface area (Å²) in [6.45, 7) is 9.89. The van der Waals surface area contributed by atoms with Crippen LogP contribution in [0, 0.1) is 0 Å². The lowest BCUT2D eigenvalue weighted by Crippen LogP contribution is -2.44. The van der Waals surface area contributed by atoms with E-state index >= 15 is 0 Å².